The molecule has 0 aromatic heterocycles. The molecule has 0 saturated heterocycles. The Kier molecular flexibility index (Phi) is 14.1. The van der Waals surface area contributed by atoms with Crippen LogP contribution in [0.3, 0.4) is 0 Å². The van der Waals surface area contributed by atoms with Gasteiger partial charge in [-0.1, -0.05) is 72.8 Å². The van der Waals surface area contributed by atoms with E-state index in [2.05, 4.69) is 122 Å². The van der Waals surface area contributed by atoms with Crippen molar-refractivity contribution in [2.45, 2.75) is 6.42 Å². The van der Waals surface area contributed by atoms with E-state index in [-0.39, 0.29) is 51.0 Å². The van der Waals surface area contributed by atoms with Crippen LogP contribution in [0.25, 0.3) is 21.5 Å². The van der Waals surface area contributed by atoms with E-state index in [0.29, 0.717) is 0 Å². The largest absolute Gasteiger partial charge is 2.00 e. The van der Waals surface area contributed by atoms with Gasteiger partial charge in [0, 0.05) is 0 Å². The quantitative estimate of drug-likeness (QED) is 0.292. The summed E-state index contributed by atoms with van der Waals surface area (Å²) in [5, 5.41) is 5.39. The first-order valence-corrected chi connectivity index (χ1v) is 10.6. The molecule has 0 amide bonds. The van der Waals surface area contributed by atoms with Crippen LogP contribution in [0.5, 0.6) is 0 Å². The predicted octanol–water partition coefficient (Wildman–Crippen LogP) is 2.31. The molecule has 0 radical (unpaired) electrons. The van der Waals surface area contributed by atoms with Crippen LogP contribution in [-0.4, -0.2) is 0 Å². The Hall–Kier alpha value is -2.44. The summed E-state index contributed by atoms with van der Waals surface area (Å²) in [6.07, 6.45) is 12.2. The van der Waals surface area contributed by atoms with Gasteiger partial charge in [0.15, 0.2) is 0 Å². The summed E-state index contributed by atoms with van der Waals surface area (Å²) < 4.78 is 0. The molecule has 6 rings (SSSR count). The van der Waals surface area contributed by atoms with E-state index in [1.54, 1.807) is 0 Å². The number of halogens is 2. The van der Waals surface area contributed by atoms with Crippen LogP contribution in [0.15, 0.2) is 133 Å². The van der Waals surface area contributed by atoms with E-state index in [1.165, 1.54) is 32.7 Å². The van der Waals surface area contributed by atoms with Gasteiger partial charge >= 0.3 is 26.2 Å². The maximum atomic E-state index is 2.99. The molecule has 1 aliphatic carbocycles. The summed E-state index contributed by atoms with van der Waals surface area (Å²) in [6, 6.07) is 40.0. The van der Waals surface area contributed by atoms with Gasteiger partial charge in [0.05, 0.1) is 0 Å². The number of rotatable bonds is 2. The summed E-state index contributed by atoms with van der Waals surface area (Å²) in [7, 11) is 0. The van der Waals surface area contributed by atoms with Crippen molar-refractivity contribution in [3.05, 3.63) is 157 Å². The minimum atomic E-state index is 0. The average Bonchev–Trinajstić information content (AvgIpc) is 3.53. The monoisotopic (exact) mass is 557 g/mol. The Bertz CT molecular complexity index is 1170. The standard InChI is InChI=1S/C13H9.C13H11.C5H5.2ClH.Zr/c1-3-7-12-10(5-1)9-11-6-2-4-8-13(11)12;1-3-7-12(8-4-1)11-13-9-5-2-6-10-13;1-2-4-5-3-1;;;/h1-9H;1-11H;1-3H,4H2;2*1H;/q3*-1;;;+2/p-2. The molecule has 0 unspecified atom stereocenters. The molecule has 3 heteroatoms. The van der Waals surface area contributed by atoms with Gasteiger partial charge in [0.25, 0.3) is 0 Å². The average molecular weight is 560 g/mol. The first-order valence-electron chi connectivity index (χ1n) is 10.6. The third-order valence-corrected chi connectivity index (χ3v) is 5.04. The zero-order valence-electron chi connectivity index (χ0n) is 18.7. The minimum Gasteiger partial charge on any atom is -1.00 e. The topological polar surface area (TPSA) is 0 Å². The molecule has 0 saturated carbocycles. The predicted molar refractivity (Wildman–Crippen MR) is 134 cm³/mol. The van der Waals surface area contributed by atoms with E-state index in [1.807, 2.05) is 24.3 Å². The van der Waals surface area contributed by atoms with Gasteiger partial charge < -0.3 is 24.8 Å². The van der Waals surface area contributed by atoms with Crippen molar-refractivity contribution in [3.63, 3.8) is 0 Å². The minimum absolute atomic E-state index is 0. The first kappa shape index (κ1) is 29.6. The van der Waals surface area contributed by atoms with E-state index in [4.69, 9.17) is 0 Å². The van der Waals surface area contributed by atoms with E-state index in [9.17, 15) is 0 Å². The van der Waals surface area contributed by atoms with Crippen LogP contribution < -0.4 is 24.8 Å². The molecule has 0 atom stereocenters. The Morgan fingerprint density at radius 1 is 0.588 bits per heavy atom. The van der Waals surface area contributed by atoms with Crippen molar-refractivity contribution in [1.82, 2.24) is 0 Å². The van der Waals surface area contributed by atoms with Gasteiger partial charge in [-0.3, -0.25) is 6.08 Å². The summed E-state index contributed by atoms with van der Waals surface area (Å²) in [5.41, 5.74) is 2.49. The third kappa shape index (κ3) is 8.73. The first-order chi connectivity index (χ1) is 15.4. The van der Waals surface area contributed by atoms with Gasteiger partial charge in [-0.05, 0) is 0 Å². The number of benzene rings is 4. The van der Waals surface area contributed by atoms with Gasteiger partial charge in [-0.2, -0.15) is 6.08 Å². The van der Waals surface area contributed by atoms with Crippen molar-refractivity contribution in [2.24, 2.45) is 0 Å². The Labute approximate surface area is 234 Å². The maximum absolute atomic E-state index is 2.99. The summed E-state index contributed by atoms with van der Waals surface area (Å²) >= 11 is 0. The van der Waals surface area contributed by atoms with Crippen LogP contribution in [0.1, 0.15) is 17.5 Å². The van der Waals surface area contributed by atoms with Gasteiger partial charge in [0.1, 0.15) is 0 Å². The molecule has 5 aromatic rings. The van der Waals surface area contributed by atoms with Crippen LogP contribution in [0.4, 0.5) is 0 Å². The number of fused-ring (bicyclic) bond motifs is 3. The normalized spacial score (nSPS) is 10.5. The molecular formula is C31H25Cl2Zr-3. The fourth-order valence-corrected chi connectivity index (χ4v) is 3.54. The van der Waals surface area contributed by atoms with Crippen LogP contribution in [-0.2, 0) is 26.2 Å². The molecular weight excluding hydrogens is 534 g/mol. The number of hydrogen-bond donors (Lipinski definition) is 0. The second-order valence-electron chi connectivity index (χ2n) is 7.29. The molecule has 170 valence electrons. The summed E-state index contributed by atoms with van der Waals surface area (Å²) in [6.45, 7) is 0. The van der Waals surface area contributed by atoms with E-state index in [0.717, 1.165) is 6.42 Å². The van der Waals surface area contributed by atoms with Gasteiger partial charge in [-0.15, -0.1) is 88.0 Å². The second kappa shape index (κ2) is 16.2. The molecule has 0 bridgehead atoms. The maximum Gasteiger partial charge on any atom is 2.00 e. The summed E-state index contributed by atoms with van der Waals surface area (Å²) in [5.74, 6) is 0. The summed E-state index contributed by atoms with van der Waals surface area (Å²) in [4.78, 5) is 0. The zero-order chi connectivity index (χ0) is 21.1. The van der Waals surface area contributed by atoms with Crippen molar-refractivity contribution in [2.75, 3.05) is 0 Å². The Morgan fingerprint density at radius 3 is 1.41 bits per heavy atom. The van der Waals surface area contributed by atoms with Gasteiger partial charge in [-0.25, -0.2) is 12.2 Å². The molecule has 0 heterocycles. The third-order valence-electron chi connectivity index (χ3n) is 5.04. The van der Waals surface area contributed by atoms with E-state index < -0.39 is 0 Å². The number of hydrogen-bond acceptors (Lipinski definition) is 0. The van der Waals surface area contributed by atoms with Crippen molar-refractivity contribution >= 4 is 21.5 Å². The van der Waals surface area contributed by atoms with Gasteiger partial charge in [0.2, 0.25) is 0 Å². The Morgan fingerprint density at radius 2 is 1.03 bits per heavy atom. The molecule has 5 aromatic carbocycles. The molecule has 1 aliphatic rings. The second-order valence-corrected chi connectivity index (χ2v) is 7.29. The zero-order valence-corrected chi connectivity index (χ0v) is 22.7. The molecule has 34 heavy (non-hydrogen) atoms. The molecule has 0 aliphatic heterocycles. The molecule has 0 N–H and O–H groups in total. The molecule has 0 spiro atoms. The van der Waals surface area contributed by atoms with Crippen LogP contribution in [0.2, 0.25) is 0 Å². The van der Waals surface area contributed by atoms with Crippen LogP contribution >= 0.6 is 0 Å². The molecule has 0 nitrogen and oxygen atoms in total. The molecule has 0 fully saturated rings. The Balaban J connectivity index is 0.000000264. The van der Waals surface area contributed by atoms with Crippen molar-refractivity contribution in [3.8, 4) is 0 Å². The fourth-order valence-electron chi connectivity index (χ4n) is 3.54. The fraction of sp³-hybridized carbons (Fsp3) is 0.0323. The van der Waals surface area contributed by atoms with Crippen molar-refractivity contribution in [1.29, 1.82) is 0 Å². The van der Waals surface area contributed by atoms with Crippen LogP contribution in [0, 0.1) is 12.5 Å². The van der Waals surface area contributed by atoms with E-state index >= 15 is 0 Å². The van der Waals surface area contributed by atoms with Crippen molar-refractivity contribution < 1.29 is 51.0 Å². The SMILES string of the molecule is [C-]1=CC=CC1.[Cl-].[Cl-].[Zr+2].c1ccc([CH-]c2ccccc2)cc1.c1ccc2c(c1)[cH-]c1ccccc12. The number of allylic oxidation sites excluding steroid dienone is 4. The smallest absolute Gasteiger partial charge is 1.00 e.